The molecular formula is C17H21NS2. The van der Waals surface area contributed by atoms with Crippen molar-refractivity contribution in [3.05, 3.63) is 46.7 Å². The predicted molar refractivity (Wildman–Crippen MR) is 90.9 cm³/mol. The lowest BCUT2D eigenvalue weighted by Gasteiger charge is -2.18. The predicted octanol–water partition coefficient (Wildman–Crippen LogP) is 5.96. The van der Waals surface area contributed by atoms with Crippen molar-refractivity contribution in [3.63, 3.8) is 0 Å². The van der Waals surface area contributed by atoms with E-state index in [2.05, 4.69) is 65.8 Å². The van der Waals surface area contributed by atoms with Crippen LogP contribution in [-0.4, -0.2) is 5.25 Å². The summed E-state index contributed by atoms with van der Waals surface area (Å²) in [6.45, 7) is 2.24. The van der Waals surface area contributed by atoms with E-state index in [0.717, 1.165) is 5.25 Å². The van der Waals surface area contributed by atoms with Gasteiger partial charge in [0.25, 0.3) is 0 Å². The summed E-state index contributed by atoms with van der Waals surface area (Å²) >= 11 is 3.88. The highest BCUT2D eigenvalue weighted by molar-refractivity contribution is 8.00. The molecule has 2 aromatic rings. The summed E-state index contributed by atoms with van der Waals surface area (Å²) in [5, 5.41) is 6.64. The highest BCUT2D eigenvalue weighted by Crippen LogP contribution is 2.39. The van der Waals surface area contributed by atoms with Gasteiger partial charge in [-0.05, 0) is 43.3 Å². The Bertz CT molecular complexity index is 530. The number of hydrogen-bond acceptors (Lipinski definition) is 3. The first kappa shape index (κ1) is 14.0. The standard InChI is InChI=1S/C17H21NS2/c1-13(16-11-6-12-19-16)18-15-9-4-5-10-17(15)20-14-7-2-3-8-14/h4-6,9-14,18H,2-3,7-8H2,1H3. The molecule has 1 unspecified atom stereocenters. The van der Waals surface area contributed by atoms with Gasteiger partial charge < -0.3 is 5.32 Å². The third-order valence-corrected chi connectivity index (χ3v) is 6.29. The number of nitrogens with one attached hydrogen (secondary N) is 1. The Hall–Kier alpha value is -0.930. The highest BCUT2D eigenvalue weighted by atomic mass is 32.2. The van der Waals surface area contributed by atoms with Crippen LogP contribution in [0.25, 0.3) is 0 Å². The van der Waals surface area contributed by atoms with E-state index < -0.39 is 0 Å². The van der Waals surface area contributed by atoms with E-state index in [1.165, 1.54) is 41.1 Å². The van der Waals surface area contributed by atoms with E-state index in [9.17, 15) is 0 Å². The summed E-state index contributed by atoms with van der Waals surface area (Å²) in [7, 11) is 0. The number of benzene rings is 1. The van der Waals surface area contributed by atoms with Crippen LogP contribution < -0.4 is 5.32 Å². The van der Waals surface area contributed by atoms with Crippen LogP contribution in [0.3, 0.4) is 0 Å². The maximum Gasteiger partial charge on any atom is 0.0578 e. The van der Waals surface area contributed by atoms with Crippen molar-refractivity contribution in [1.82, 2.24) is 0 Å². The van der Waals surface area contributed by atoms with Gasteiger partial charge in [-0.2, -0.15) is 0 Å². The fourth-order valence-corrected chi connectivity index (χ4v) is 4.79. The fourth-order valence-electron chi connectivity index (χ4n) is 2.72. The average Bonchev–Trinajstić information content (AvgIpc) is 3.13. The smallest absolute Gasteiger partial charge is 0.0578 e. The van der Waals surface area contributed by atoms with Crippen molar-refractivity contribution in [2.24, 2.45) is 0 Å². The lowest BCUT2D eigenvalue weighted by atomic mass is 10.2. The molecule has 3 heteroatoms. The zero-order valence-electron chi connectivity index (χ0n) is 11.8. The number of rotatable bonds is 5. The van der Waals surface area contributed by atoms with E-state index in [1.807, 2.05) is 11.3 Å². The first-order valence-corrected chi connectivity index (χ1v) is 9.14. The van der Waals surface area contributed by atoms with E-state index in [4.69, 9.17) is 0 Å². The molecule has 1 saturated carbocycles. The summed E-state index contributed by atoms with van der Waals surface area (Å²) in [6, 6.07) is 13.4. The number of thioether (sulfide) groups is 1. The Morgan fingerprint density at radius 3 is 2.70 bits per heavy atom. The minimum atomic E-state index is 0.375. The summed E-state index contributed by atoms with van der Waals surface area (Å²) in [4.78, 5) is 2.80. The van der Waals surface area contributed by atoms with Crippen LogP contribution in [-0.2, 0) is 0 Å². The molecule has 0 aliphatic heterocycles. The highest BCUT2D eigenvalue weighted by Gasteiger charge is 2.18. The molecule has 0 saturated heterocycles. The maximum absolute atomic E-state index is 3.68. The Kier molecular flexibility index (Phi) is 4.69. The molecule has 1 aromatic heterocycles. The van der Waals surface area contributed by atoms with Crippen molar-refractivity contribution >= 4 is 28.8 Å². The molecule has 1 aliphatic rings. The van der Waals surface area contributed by atoms with Crippen LogP contribution in [0.2, 0.25) is 0 Å². The molecule has 1 fully saturated rings. The van der Waals surface area contributed by atoms with E-state index in [-0.39, 0.29) is 0 Å². The third kappa shape index (κ3) is 3.39. The van der Waals surface area contributed by atoms with Crippen LogP contribution in [0, 0.1) is 0 Å². The molecule has 0 radical (unpaired) electrons. The van der Waals surface area contributed by atoms with Crippen LogP contribution in [0.15, 0.2) is 46.7 Å². The number of hydrogen-bond donors (Lipinski definition) is 1. The van der Waals surface area contributed by atoms with E-state index >= 15 is 0 Å². The zero-order chi connectivity index (χ0) is 13.8. The third-order valence-electron chi connectivity index (χ3n) is 3.82. The Labute approximate surface area is 129 Å². The molecule has 1 aliphatic carbocycles. The maximum atomic E-state index is 3.68. The molecule has 0 bridgehead atoms. The van der Waals surface area contributed by atoms with Crippen LogP contribution in [0.5, 0.6) is 0 Å². The van der Waals surface area contributed by atoms with Crippen molar-refractivity contribution in [1.29, 1.82) is 0 Å². The molecule has 1 aromatic carbocycles. The van der Waals surface area contributed by atoms with Gasteiger partial charge >= 0.3 is 0 Å². The van der Waals surface area contributed by atoms with Gasteiger partial charge in [-0.3, -0.25) is 0 Å². The molecule has 1 heterocycles. The first-order valence-electron chi connectivity index (χ1n) is 7.38. The lowest BCUT2D eigenvalue weighted by molar-refractivity contribution is 0.886. The Morgan fingerprint density at radius 2 is 1.95 bits per heavy atom. The summed E-state index contributed by atoms with van der Waals surface area (Å²) < 4.78 is 0. The monoisotopic (exact) mass is 303 g/mol. The minimum absolute atomic E-state index is 0.375. The largest absolute Gasteiger partial charge is 0.377 e. The van der Waals surface area contributed by atoms with Crippen LogP contribution in [0.4, 0.5) is 5.69 Å². The van der Waals surface area contributed by atoms with Gasteiger partial charge in [0.05, 0.1) is 6.04 Å². The van der Waals surface area contributed by atoms with E-state index in [1.54, 1.807) is 0 Å². The van der Waals surface area contributed by atoms with Gasteiger partial charge in [-0.25, -0.2) is 0 Å². The Balaban J connectivity index is 1.72. The van der Waals surface area contributed by atoms with Gasteiger partial charge in [0.1, 0.15) is 0 Å². The molecule has 1 nitrogen and oxygen atoms in total. The zero-order valence-corrected chi connectivity index (χ0v) is 13.5. The first-order chi connectivity index (χ1) is 9.83. The number of para-hydroxylation sites is 1. The fraction of sp³-hybridized carbons (Fsp3) is 0.412. The van der Waals surface area contributed by atoms with E-state index in [0.29, 0.717) is 6.04 Å². The van der Waals surface area contributed by atoms with Crippen molar-refractivity contribution in [3.8, 4) is 0 Å². The van der Waals surface area contributed by atoms with Crippen molar-refractivity contribution < 1.29 is 0 Å². The van der Waals surface area contributed by atoms with Gasteiger partial charge in [0.2, 0.25) is 0 Å². The second kappa shape index (κ2) is 6.68. The quantitative estimate of drug-likeness (QED) is 0.732. The lowest BCUT2D eigenvalue weighted by Crippen LogP contribution is -2.06. The van der Waals surface area contributed by atoms with Crippen LogP contribution >= 0.6 is 23.1 Å². The number of thiophene rings is 1. The molecule has 20 heavy (non-hydrogen) atoms. The van der Waals surface area contributed by atoms with Crippen LogP contribution in [0.1, 0.15) is 43.5 Å². The van der Waals surface area contributed by atoms with Gasteiger partial charge in [0.15, 0.2) is 0 Å². The molecule has 1 atom stereocenters. The van der Waals surface area contributed by atoms with Crippen molar-refractivity contribution in [2.45, 2.75) is 48.8 Å². The molecule has 1 N–H and O–H groups in total. The molecule has 3 rings (SSSR count). The molecule has 0 spiro atoms. The SMILES string of the molecule is CC(Nc1ccccc1SC1CCCC1)c1cccs1. The van der Waals surface area contributed by atoms with Gasteiger partial charge in [-0.15, -0.1) is 23.1 Å². The summed E-state index contributed by atoms with van der Waals surface area (Å²) in [5.41, 5.74) is 1.28. The van der Waals surface area contributed by atoms with Gasteiger partial charge in [0, 0.05) is 20.7 Å². The van der Waals surface area contributed by atoms with Crippen molar-refractivity contribution in [2.75, 3.05) is 5.32 Å². The second-order valence-corrected chi connectivity index (χ2v) is 7.72. The second-order valence-electron chi connectivity index (χ2n) is 5.40. The average molecular weight is 303 g/mol. The Morgan fingerprint density at radius 1 is 1.15 bits per heavy atom. The topological polar surface area (TPSA) is 12.0 Å². The number of anilines is 1. The summed E-state index contributed by atoms with van der Waals surface area (Å²) in [5.74, 6) is 0. The normalized spacial score (nSPS) is 17.2. The van der Waals surface area contributed by atoms with Gasteiger partial charge in [-0.1, -0.05) is 31.0 Å². The summed E-state index contributed by atoms with van der Waals surface area (Å²) in [6.07, 6.45) is 5.55. The molecule has 0 amide bonds. The molecular weight excluding hydrogens is 282 g/mol. The minimum Gasteiger partial charge on any atom is -0.377 e. The molecule has 106 valence electrons.